The number of methoxy groups -OCH3 is 1. The lowest BCUT2D eigenvalue weighted by Gasteiger charge is -2.08. The lowest BCUT2D eigenvalue weighted by molar-refractivity contribution is 0.0697. The van der Waals surface area contributed by atoms with E-state index >= 15 is 0 Å². The average molecular weight is 279 g/mol. The minimum atomic E-state index is -0.987. The first kappa shape index (κ1) is 13.1. The summed E-state index contributed by atoms with van der Waals surface area (Å²) in [6, 6.07) is 16.3. The number of nitrogens with zero attached hydrogens (tertiary/aromatic N) is 1. The number of fused-ring (bicyclic) bond motifs is 1. The number of ether oxygens (including phenoxy) is 1. The Labute approximate surface area is 121 Å². The van der Waals surface area contributed by atoms with Crippen molar-refractivity contribution < 1.29 is 14.6 Å². The third kappa shape index (κ3) is 2.43. The van der Waals surface area contributed by atoms with Crippen LogP contribution in [-0.4, -0.2) is 23.2 Å². The third-order valence-corrected chi connectivity index (χ3v) is 3.32. The van der Waals surface area contributed by atoms with Crippen LogP contribution in [0.3, 0.4) is 0 Å². The molecule has 4 nitrogen and oxygen atoms in total. The second kappa shape index (κ2) is 5.25. The summed E-state index contributed by atoms with van der Waals surface area (Å²) in [6.07, 6.45) is 0. The summed E-state index contributed by atoms with van der Waals surface area (Å²) >= 11 is 0. The number of para-hydroxylation sites is 1. The highest BCUT2D eigenvalue weighted by Gasteiger charge is 2.15. The zero-order valence-electron chi connectivity index (χ0n) is 11.4. The van der Waals surface area contributed by atoms with Gasteiger partial charge < -0.3 is 9.84 Å². The molecule has 0 saturated heterocycles. The largest absolute Gasteiger partial charge is 0.497 e. The van der Waals surface area contributed by atoms with E-state index < -0.39 is 5.97 Å². The van der Waals surface area contributed by atoms with Crippen molar-refractivity contribution in [3.05, 3.63) is 60.2 Å². The van der Waals surface area contributed by atoms with E-state index in [2.05, 4.69) is 4.98 Å². The molecule has 1 aromatic heterocycles. The zero-order chi connectivity index (χ0) is 14.8. The van der Waals surface area contributed by atoms with Gasteiger partial charge in [-0.15, -0.1) is 0 Å². The first-order valence-electron chi connectivity index (χ1n) is 6.46. The molecule has 0 atom stereocenters. The number of carboxylic acids is 1. The topological polar surface area (TPSA) is 59.4 Å². The minimum absolute atomic E-state index is 0.193. The summed E-state index contributed by atoms with van der Waals surface area (Å²) in [6.45, 7) is 0. The standard InChI is InChI=1S/C17H13NO3/c1-21-13-8-6-11(7-9-13)16-14(17(19)20)10-12-4-2-3-5-15(12)18-16/h2-10H,1H3,(H,19,20). The first-order valence-corrected chi connectivity index (χ1v) is 6.46. The predicted molar refractivity (Wildman–Crippen MR) is 80.7 cm³/mol. The van der Waals surface area contributed by atoms with Gasteiger partial charge >= 0.3 is 5.97 Å². The molecule has 0 radical (unpaired) electrons. The van der Waals surface area contributed by atoms with Gasteiger partial charge in [-0.25, -0.2) is 9.78 Å². The van der Waals surface area contributed by atoms with Gasteiger partial charge in [-0.3, -0.25) is 0 Å². The summed E-state index contributed by atoms with van der Waals surface area (Å²) in [5.74, 6) is -0.268. The van der Waals surface area contributed by atoms with Crippen molar-refractivity contribution in [2.75, 3.05) is 7.11 Å². The van der Waals surface area contributed by atoms with Crippen molar-refractivity contribution >= 4 is 16.9 Å². The maximum absolute atomic E-state index is 11.5. The molecule has 1 N–H and O–H groups in total. The van der Waals surface area contributed by atoms with Crippen LogP contribution in [0.2, 0.25) is 0 Å². The molecule has 3 rings (SSSR count). The van der Waals surface area contributed by atoms with Gasteiger partial charge in [0.15, 0.2) is 0 Å². The van der Waals surface area contributed by atoms with Crippen LogP contribution in [0.5, 0.6) is 5.75 Å². The van der Waals surface area contributed by atoms with Crippen molar-refractivity contribution in [2.24, 2.45) is 0 Å². The summed E-state index contributed by atoms with van der Waals surface area (Å²) in [5.41, 5.74) is 2.18. The molecule has 0 amide bonds. The van der Waals surface area contributed by atoms with E-state index in [9.17, 15) is 9.90 Å². The fourth-order valence-corrected chi connectivity index (χ4v) is 2.25. The van der Waals surface area contributed by atoms with E-state index in [1.54, 1.807) is 25.3 Å². The Bertz CT molecular complexity index is 810. The summed E-state index contributed by atoms with van der Waals surface area (Å²) < 4.78 is 5.12. The van der Waals surface area contributed by atoms with Gasteiger partial charge in [-0.2, -0.15) is 0 Å². The normalized spacial score (nSPS) is 10.5. The molecule has 4 heteroatoms. The number of aromatic nitrogens is 1. The highest BCUT2D eigenvalue weighted by atomic mass is 16.5. The molecule has 0 aliphatic rings. The van der Waals surface area contributed by atoms with Gasteiger partial charge in [0.1, 0.15) is 5.75 Å². The van der Waals surface area contributed by atoms with E-state index in [0.29, 0.717) is 5.69 Å². The predicted octanol–water partition coefficient (Wildman–Crippen LogP) is 3.61. The lowest BCUT2D eigenvalue weighted by Crippen LogP contribution is -2.02. The quantitative estimate of drug-likeness (QED) is 0.795. The van der Waals surface area contributed by atoms with E-state index in [1.807, 2.05) is 36.4 Å². The molecule has 2 aromatic carbocycles. The Hall–Kier alpha value is -2.88. The molecule has 0 bridgehead atoms. The van der Waals surface area contributed by atoms with Gasteiger partial charge in [0.25, 0.3) is 0 Å². The molecule has 0 unspecified atom stereocenters. The molecule has 104 valence electrons. The van der Waals surface area contributed by atoms with Crippen molar-refractivity contribution in [2.45, 2.75) is 0 Å². The van der Waals surface area contributed by atoms with Crippen LogP contribution in [0, 0.1) is 0 Å². The number of hydrogen-bond donors (Lipinski definition) is 1. The van der Waals surface area contributed by atoms with Crippen molar-refractivity contribution in [1.82, 2.24) is 4.98 Å². The van der Waals surface area contributed by atoms with Gasteiger partial charge in [0, 0.05) is 10.9 Å². The molecule has 3 aromatic rings. The Morgan fingerprint density at radius 1 is 1.10 bits per heavy atom. The fourth-order valence-electron chi connectivity index (χ4n) is 2.25. The van der Waals surface area contributed by atoms with E-state index in [1.165, 1.54) is 0 Å². The van der Waals surface area contributed by atoms with Crippen LogP contribution in [0.4, 0.5) is 0 Å². The van der Waals surface area contributed by atoms with Crippen LogP contribution < -0.4 is 4.74 Å². The van der Waals surface area contributed by atoms with Gasteiger partial charge in [-0.1, -0.05) is 18.2 Å². The Morgan fingerprint density at radius 2 is 1.81 bits per heavy atom. The number of pyridine rings is 1. The molecule has 0 aliphatic heterocycles. The molecule has 21 heavy (non-hydrogen) atoms. The number of rotatable bonds is 3. The second-order valence-electron chi connectivity index (χ2n) is 4.61. The SMILES string of the molecule is COc1ccc(-c2nc3ccccc3cc2C(=O)O)cc1. The maximum atomic E-state index is 11.5. The zero-order valence-corrected chi connectivity index (χ0v) is 11.4. The van der Waals surface area contributed by atoms with Gasteiger partial charge in [0.05, 0.1) is 23.9 Å². The number of aromatic carboxylic acids is 1. The molecular weight excluding hydrogens is 266 g/mol. The van der Waals surface area contributed by atoms with Gasteiger partial charge in [0.2, 0.25) is 0 Å². The van der Waals surface area contributed by atoms with Crippen LogP contribution in [0.15, 0.2) is 54.6 Å². The molecule has 1 heterocycles. The third-order valence-electron chi connectivity index (χ3n) is 3.32. The van der Waals surface area contributed by atoms with E-state index in [0.717, 1.165) is 22.2 Å². The maximum Gasteiger partial charge on any atom is 0.337 e. The van der Waals surface area contributed by atoms with Crippen molar-refractivity contribution in [3.63, 3.8) is 0 Å². The Kier molecular flexibility index (Phi) is 3.28. The van der Waals surface area contributed by atoms with Crippen LogP contribution in [0.1, 0.15) is 10.4 Å². The first-order chi connectivity index (χ1) is 10.2. The minimum Gasteiger partial charge on any atom is -0.497 e. The number of carbonyl (C=O) groups is 1. The van der Waals surface area contributed by atoms with Crippen LogP contribution in [0.25, 0.3) is 22.2 Å². The summed E-state index contributed by atoms with van der Waals surface area (Å²) in [7, 11) is 1.59. The molecule has 0 aliphatic carbocycles. The second-order valence-corrected chi connectivity index (χ2v) is 4.61. The van der Waals surface area contributed by atoms with Crippen molar-refractivity contribution in [1.29, 1.82) is 0 Å². The van der Waals surface area contributed by atoms with Crippen molar-refractivity contribution in [3.8, 4) is 17.0 Å². The summed E-state index contributed by atoms with van der Waals surface area (Å²) in [5, 5.41) is 10.2. The Morgan fingerprint density at radius 3 is 2.48 bits per heavy atom. The van der Waals surface area contributed by atoms with Crippen LogP contribution >= 0.6 is 0 Å². The average Bonchev–Trinajstić information content (AvgIpc) is 2.53. The number of benzene rings is 2. The lowest BCUT2D eigenvalue weighted by atomic mass is 10.0. The number of hydrogen-bond acceptors (Lipinski definition) is 3. The Balaban J connectivity index is 2.23. The van der Waals surface area contributed by atoms with E-state index in [-0.39, 0.29) is 5.56 Å². The van der Waals surface area contributed by atoms with Crippen LogP contribution in [-0.2, 0) is 0 Å². The fraction of sp³-hybridized carbons (Fsp3) is 0.0588. The molecule has 0 spiro atoms. The number of carboxylic acid groups (broad SMARTS) is 1. The molecule has 0 saturated carbocycles. The monoisotopic (exact) mass is 279 g/mol. The highest BCUT2D eigenvalue weighted by molar-refractivity contribution is 5.99. The smallest absolute Gasteiger partial charge is 0.337 e. The summed E-state index contributed by atoms with van der Waals surface area (Å²) in [4.78, 5) is 16.0. The highest BCUT2D eigenvalue weighted by Crippen LogP contribution is 2.27. The van der Waals surface area contributed by atoms with E-state index in [4.69, 9.17) is 4.74 Å². The molecular formula is C17H13NO3. The molecule has 0 fully saturated rings. The van der Waals surface area contributed by atoms with Gasteiger partial charge in [-0.05, 0) is 36.4 Å².